The fourth-order valence-electron chi connectivity index (χ4n) is 4.08. The molecule has 2 atom stereocenters. The van der Waals surface area contributed by atoms with Crippen LogP contribution < -0.4 is 5.32 Å². The lowest BCUT2D eigenvalue weighted by Crippen LogP contribution is -2.59. The van der Waals surface area contributed by atoms with Crippen molar-refractivity contribution in [3.8, 4) is 0 Å². The van der Waals surface area contributed by atoms with Crippen molar-refractivity contribution in [2.75, 3.05) is 26.2 Å². The van der Waals surface area contributed by atoms with Crippen molar-refractivity contribution in [1.29, 1.82) is 0 Å². The van der Waals surface area contributed by atoms with Crippen molar-refractivity contribution in [2.24, 2.45) is 0 Å². The molecule has 0 aliphatic carbocycles. The number of nitrogens with zero attached hydrogens (tertiary/aromatic N) is 2. The molecule has 0 aromatic heterocycles. The Labute approximate surface area is 146 Å². The monoisotopic (exact) mass is 329 g/mol. The van der Waals surface area contributed by atoms with Gasteiger partial charge < -0.3 is 10.2 Å². The minimum atomic E-state index is 0.0408. The Hall–Kier alpha value is -1.39. The van der Waals surface area contributed by atoms with Crippen LogP contribution in [0.25, 0.3) is 0 Å². The number of likely N-dealkylation sites (tertiary alicyclic amines) is 1. The average molecular weight is 329 g/mol. The molecule has 0 spiro atoms. The first kappa shape index (κ1) is 17.4. The molecule has 1 aromatic rings. The van der Waals surface area contributed by atoms with Crippen molar-refractivity contribution >= 4 is 5.91 Å². The molecule has 2 saturated heterocycles. The second kappa shape index (κ2) is 7.66. The van der Waals surface area contributed by atoms with Gasteiger partial charge in [-0.05, 0) is 44.2 Å². The number of carbonyl (C=O) groups is 1. The van der Waals surface area contributed by atoms with Crippen LogP contribution in [0.5, 0.6) is 0 Å². The number of piperidine rings is 1. The molecule has 24 heavy (non-hydrogen) atoms. The molecule has 2 heterocycles. The molecule has 0 saturated carbocycles. The van der Waals surface area contributed by atoms with E-state index in [4.69, 9.17) is 0 Å². The number of amides is 1. The van der Waals surface area contributed by atoms with E-state index in [0.717, 1.165) is 45.4 Å². The number of hydrogen-bond donors (Lipinski definition) is 1. The van der Waals surface area contributed by atoms with Gasteiger partial charge in [0.25, 0.3) is 0 Å². The molecule has 2 fully saturated rings. The highest BCUT2D eigenvalue weighted by Gasteiger charge is 2.38. The highest BCUT2D eigenvalue weighted by atomic mass is 16.2. The summed E-state index contributed by atoms with van der Waals surface area (Å²) in [4.78, 5) is 17.5. The average Bonchev–Trinajstić information content (AvgIpc) is 2.62. The zero-order valence-corrected chi connectivity index (χ0v) is 15.3. The predicted octanol–water partition coefficient (Wildman–Crippen LogP) is 2.59. The third-order valence-electron chi connectivity index (χ3n) is 5.53. The van der Waals surface area contributed by atoms with E-state index in [9.17, 15) is 4.79 Å². The summed E-state index contributed by atoms with van der Waals surface area (Å²) in [6.45, 7) is 10.2. The number of aryl methyl sites for hydroxylation is 1. The first-order valence-corrected chi connectivity index (χ1v) is 9.47. The summed E-state index contributed by atoms with van der Waals surface area (Å²) in [7, 11) is 0. The van der Waals surface area contributed by atoms with Crippen molar-refractivity contribution < 1.29 is 4.79 Å². The predicted molar refractivity (Wildman–Crippen MR) is 98.0 cm³/mol. The van der Waals surface area contributed by atoms with Gasteiger partial charge in [-0.1, -0.05) is 31.2 Å². The van der Waals surface area contributed by atoms with E-state index in [1.807, 2.05) is 0 Å². The van der Waals surface area contributed by atoms with E-state index >= 15 is 0 Å². The van der Waals surface area contributed by atoms with Crippen molar-refractivity contribution in [2.45, 2.75) is 58.2 Å². The highest BCUT2D eigenvalue weighted by Crippen LogP contribution is 2.29. The van der Waals surface area contributed by atoms with Gasteiger partial charge in [0.05, 0.1) is 6.04 Å². The van der Waals surface area contributed by atoms with Crippen LogP contribution in [0.1, 0.15) is 50.8 Å². The summed E-state index contributed by atoms with van der Waals surface area (Å²) < 4.78 is 0. The summed E-state index contributed by atoms with van der Waals surface area (Å²) in [6.07, 6.45) is 3.17. The lowest BCUT2D eigenvalue weighted by atomic mass is 9.95. The Balaban J connectivity index is 1.82. The Kier molecular flexibility index (Phi) is 5.57. The molecular formula is C20H31N3O. The third kappa shape index (κ3) is 3.50. The number of rotatable bonds is 4. The maximum atomic E-state index is 13.0. The lowest BCUT2D eigenvalue weighted by molar-refractivity contribution is -0.143. The van der Waals surface area contributed by atoms with Crippen LogP contribution >= 0.6 is 0 Å². The van der Waals surface area contributed by atoms with Crippen molar-refractivity contribution in [3.63, 3.8) is 0 Å². The number of benzene rings is 1. The van der Waals surface area contributed by atoms with Gasteiger partial charge in [0.2, 0.25) is 5.91 Å². The molecule has 1 aromatic carbocycles. The van der Waals surface area contributed by atoms with Crippen LogP contribution in [-0.4, -0.2) is 54.0 Å². The largest absolute Gasteiger partial charge is 0.339 e. The zero-order valence-electron chi connectivity index (χ0n) is 15.3. The van der Waals surface area contributed by atoms with E-state index in [0.29, 0.717) is 18.0 Å². The fraction of sp³-hybridized carbons (Fsp3) is 0.650. The summed E-state index contributed by atoms with van der Waals surface area (Å²) >= 11 is 0. The topological polar surface area (TPSA) is 35.6 Å². The maximum Gasteiger partial charge on any atom is 0.240 e. The van der Waals surface area contributed by atoms with Crippen molar-refractivity contribution in [3.05, 3.63) is 35.4 Å². The first-order valence-electron chi connectivity index (χ1n) is 9.47. The van der Waals surface area contributed by atoms with Crippen LogP contribution in [0.3, 0.4) is 0 Å². The van der Waals surface area contributed by atoms with Crippen LogP contribution in [0.4, 0.5) is 0 Å². The second-order valence-corrected chi connectivity index (χ2v) is 7.34. The summed E-state index contributed by atoms with van der Waals surface area (Å²) in [5.41, 5.74) is 2.70. The van der Waals surface area contributed by atoms with Gasteiger partial charge >= 0.3 is 0 Å². The Bertz CT molecular complexity index is 555. The number of carbonyl (C=O) groups excluding carboxylic acids is 1. The first-order chi connectivity index (χ1) is 11.6. The van der Waals surface area contributed by atoms with E-state index in [1.54, 1.807) is 0 Å². The van der Waals surface area contributed by atoms with Gasteiger partial charge in [-0.15, -0.1) is 0 Å². The van der Waals surface area contributed by atoms with Crippen LogP contribution in [-0.2, 0) is 11.2 Å². The van der Waals surface area contributed by atoms with E-state index in [-0.39, 0.29) is 6.04 Å². The molecular weight excluding hydrogens is 298 g/mol. The fourth-order valence-corrected chi connectivity index (χ4v) is 4.08. The van der Waals surface area contributed by atoms with Crippen LogP contribution in [0.2, 0.25) is 0 Å². The molecule has 3 rings (SSSR count). The van der Waals surface area contributed by atoms with E-state index in [1.165, 1.54) is 11.1 Å². The molecule has 4 nitrogen and oxygen atoms in total. The molecule has 1 N–H and O–H groups in total. The van der Waals surface area contributed by atoms with E-state index in [2.05, 4.69) is 60.2 Å². The maximum absolute atomic E-state index is 13.0. The van der Waals surface area contributed by atoms with Gasteiger partial charge in [0, 0.05) is 38.3 Å². The molecule has 2 aliphatic rings. The van der Waals surface area contributed by atoms with Gasteiger partial charge in [-0.3, -0.25) is 9.69 Å². The summed E-state index contributed by atoms with van der Waals surface area (Å²) in [5.74, 6) is 0.327. The van der Waals surface area contributed by atoms with Gasteiger partial charge in [-0.2, -0.15) is 0 Å². The van der Waals surface area contributed by atoms with Gasteiger partial charge in [0.15, 0.2) is 0 Å². The van der Waals surface area contributed by atoms with Gasteiger partial charge in [0.1, 0.15) is 0 Å². The van der Waals surface area contributed by atoms with Gasteiger partial charge in [-0.25, -0.2) is 0 Å². The Morgan fingerprint density at radius 3 is 2.58 bits per heavy atom. The van der Waals surface area contributed by atoms with Crippen LogP contribution in [0.15, 0.2) is 24.3 Å². The molecule has 2 unspecified atom stereocenters. The van der Waals surface area contributed by atoms with Crippen LogP contribution in [0, 0.1) is 0 Å². The van der Waals surface area contributed by atoms with E-state index < -0.39 is 0 Å². The highest BCUT2D eigenvalue weighted by molar-refractivity contribution is 5.83. The summed E-state index contributed by atoms with van der Waals surface area (Å²) in [5, 5.41) is 3.51. The SMILES string of the molecule is CCc1ccc(C2CNCCN2C2CCCN(C(C)C)C2=O)cc1. The summed E-state index contributed by atoms with van der Waals surface area (Å²) in [6, 6.07) is 9.58. The minimum Gasteiger partial charge on any atom is -0.339 e. The number of hydrogen-bond acceptors (Lipinski definition) is 3. The molecule has 0 radical (unpaired) electrons. The number of nitrogens with one attached hydrogen (secondary N) is 1. The Morgan fingerprint density at radius 1 is 1.17 bits per heavy atom. The van der Waals surface area contributed by atoms with Crippen molar-refractivity contribution in [1.82, 2.24) is 15.1 Å². The zero-order chi connectivity index (χ0) is 17.1. The smallest absolute Gasteiger partial charge is 0.240 e. The lowest BCUT2D eigenvalue weighted by Gasteiger charge is -2.45. The molecule has 2 aliphatic heterocycles. The molecule has 132 valence electrons. The third-order valence-corrected chi connectivity index (χ3v) is 5.53. The number of piperazine rings is 1. The second-order valence-electron chi connectivity index (χ2n) is 7.34. The molecule has 1 amide bonds. The minimum absolute atomic E-state index is 0.0408. The standard InChI is InChI=1S/C20H31N3O/c1-4-16-7-9-17(10-8-16)19-14-21-11-13-23(19)18-6-5-12-22(15(2)3)20(18)24/h7-10,15,18-19,21H,4-6,11-14H2,1-3H3. The molecule has 4 heteroatoms. The Morgan fingerprint density at radius 2 is 1.92 bits per heavy atom. The quantitative estimate of drug-likeness (QED) is 0.922. The normalized spacial score (nSPS) is 26.2. The molecule has 0 bridgehead atoms.